The van der Waals surface area contributed by atoms with E-state index in [9.17, 15) is 18.0 Å². The van der Waals surface area contributed by atoms with E-state index in [-0.39, 0.29) is 50.6 Å². The Bertz CT molecular complexity index is 1450. The topological polar surface area (TPSA) is 86.8 Å². The first-order valence-corrected chi connectivity index (χ1v) is 15.4. The zero-order valence-corrected chi connectivity index (χ0v) is 25.9. The first kappa shape index (κ1) is 32.0. The molecule has 3 aromatic carbocycles. The van der Waals surface area contributed by atoms with Crippen molar-refractivity contribution in [2.75, 3.05) is 10.8 Å². The van der Waals surface area contributed by atoms with Crippen LogP contribution in [0, 0.1) is 0 Å². The van der Waals surface area contributed by atoms with Crippen molar-refractivity contribution in [1.82, 2.24) is 10.2 Å². The average molecular weight is 645 g/mol. The Balaban J connectivity index is 2.10. The number of rotatable bonds is 11. The van der Waals surface area contributed by atoms with Gasteiger partial charge in [-0.15, -0.1) is 0 Å². The van der Waals surface area contributed by atoms with E-state index >= 15 is 0 Å². The van der Waals surface area contributed by atoms with Crippen molar-refractivity contribution in [3.63, 3.8) is 0 Å². The molecule has 214 valence electrons. The standard InChI is InChI=1S/C28H29Cl4N3O4S/c1-4-26(28(37)33-18(2)3)34(16-19-10-11-24(31)25(32)12-19)27(36)17-35(22-14-20(29)13-21(30)15-22)40(38,39)23-8-6-5-7-9-23/h5-15,18,26H,4,16-17H2,1-3H3,(H,33,37)/t26-/m1/s1. The van der Waals surface area contributed by atoms with Crippen LogP contribution in [-0.2, 0) is 26.2 Å². The SMILES string of the molecule is CC[C@H](C(=O)NC(C)C)N(Cc1ccc(Cl)c(Cl)c1)C(=O)CN(c1cc(Cl)cc(Cl)c1)S(=O)(=O)c1ccccc1. The molecule has 1 atom stereocenters. The third-order valence-corrected chi connectivity index (χ3v) is 8.86. The maximum absolute atomic E-state index is 14.0. The number of anilines is 1. The second-order valence-corrected chi connectivity index (χ2v) is 12.9. The van der Waals surface area contributed by atoms with E-state index in [1.165, 1.54) is 35.2 Å². The molecule has 12 heteroatoms. The molecule has 0 aliphatic rings. The summed E-state index contributed by atoms with van der Waals surface area (Å²) < 4.78 is 28.6. The summed E-state index contributed by atoms with van der Waals surface area (Å²) in [6.07, 6.45) is 0.278. The molecule has 0 bridgehead atoms. The molecular formula is C28H29Cl4N3O4S. The number of sulfonamides is 1. The largest absolute Gasteiger partial charge is 0.352 e. The molecule has 0 aromatic heterocycles. The van der Waals surface area contributed by atoms with Gasteiger partial charge in [-0.05, 0) is 68.3 Å². The van der Waals surface area contributed by atoms with Gasteiger partial charge < -0.3 is 10.2 Å². The summed E-state index contributed by atoms with van der Waals surface area (Å²) in [7, 11) is -4.24. The van der Waals surface area contributed by atoms with Gasteiger partial charge in [0.1, 0.15) is 12.6 Å². The molecule has 0 fully saturated rings. The molecule has 2 amide bonds. The van der Waals surface area contributed by atoms with Crippen LogP contribution >= 0.6 is 46.4 Å². The van der Waals surface area contributed by atoms with Gasteiger partial charge in [-0.3, -0.25) is 13.9 Å². The van der Waals surface area contributed by atoms with Crippen LogP contribution in [0.5, 0.6) is 0 Å². The lowest BCUT2D eigenvalue weighted by atomic mass is 10.1. The van der Waals surface area contributed by atoms with Gasteiger partial charge in [-0.1, -0.05) is 77.6 Å². The van der Waals surface area contributed by atoms with E-state index in [1.54, 1.807) is 43.3 Å². The molecule has 7 nitrogen and oxygen atoms in total. The summed E-state index contributed by atoms with van der Waals surface area (Å²) in [6, 6.07) is 15.8. The number of benzene rings is 3. The molecule has 0 heterocycles. The van der Waals surface area contributed by atoms with Gasteiger partial charge in [0.25, 0.3) is 10.0 Å². The van der Waals surface area contributed by atoms with E-state index in [1.807, 2.05) is 13.8 Å². The zero-order chi connectivity index (χ0) is 29.6. The molecule has 40 heavy (non-hydrogen) atoms. The van der Waals surface area contributed by atoms with E-state index in [0.717, 1.165) is 4.31 Å². The summed E-state index contributed by atoms with van der Waals surface area (Å²) in [5, 5.41) is 3.86. The van der Waals surface area contributed by atoms with Gasteiger partial charge >= 0.3 is 0 Å². The van der Waals surface area contributed by atoms with Crippen LogP contribution in [0.25, 0.3) is 0 Å². The third kappa shape index (κ3) is 8.04. The smallest absolute Gasteiger partial charge is 0.264 e. The Morgan fingerprint density at radius 3 is 2.05 bits per heavy atom. The van der Waals surface area contributed by atoms with Gasteiger partial charge in [-0.25, -0.2) is 8.42 Å². The fourth-order valence-corrected chi connectivity index (χ4v) is 6.32. The molecule has 1 N–H and O–H groups in total. The Kier molecular flexibility index (Phi) is 11.1. The average Bonchev–Trinajstić information content (AvgIpc) is 2.88. The van der Waals surface area contributed by atoms with E-state index < -0.39 is 28.5 Å². The summed E-state index contributed by atoms with van der Waals surface area (Å²) >= 11 is 24.7. The minimum atomic E-state index is -4.24. The fourth-order valence-electron chi connectivity index (χ4n) is 4.07. The maximum atomic E-state index is 14.0. The van der Waals surface area contributed by atoms with Crippen molar-refractivity contribution >= 4 is 73.9 Å². The Morgan fingerprint density at radius 1 is 0.875 bits per heavy atom. The second-order valence-electron chi connectivity index (χ2n) is 9.31. The van der Waals surface area contributed by atoms with Crippen molar-refractivity contribution in [3.05, 3.63) is 92.4 Å². The van der Waals surface area contributed by atoms with Crippen LogP contribution < -0.4 is 9.62 Å². The van der Waals surface area contributed by atoms with Gasteiger partial charge in [0.05, 0.1) is 20.6 Å². The third-order valence-electron chi connectivity index (χ3n) is 5.90. The van der Waals surface area contributed by atoms with Crippen LogP contribution in [0.4, 0.5) is 5.69 Å². The molecule has 0 saturated carbocycles. The Hall–Kier alpha value is -2.49. The van der Waals surface area contributed by atoms with Gasteiger partial charge in [0.2, 0.25) is 11.8 Å². The molecule has 0 aliphatic heterocycles. The highest BCUT2D eigenvalue weighted by Gasteiger charge is 2.34. The highest BCUT2D eigenvalue weighted by atomic mass is 35.5. The number of carbonyl (C=O) groups is 2. The van der Waals surface area contributed by atoms with Crippen molar-refractivity contribution in [2.24, 2.45) is 0 Å². The summed E-state index contributed by atoms with van der Waals surface area (Å²) in [5.74, 6) is -0.985. The summed E-state index contributed by atoms with van der Waals surface area (Å²) in [4.78, 5) is 28.5. The first-order chi connectivity index (χ1) is 18.8. The Labute approximate surface area is 255 Å². The molecule has 0 spiro atoms. The number of hydrogen-bond acceptors (Lipinski definition) is 4. The van der Waals surface area contributed by atoms with Crippen LogP contribution in [-0.4, -0.2) is 43.8 Å². The predicted molar refractivity (Wildman–Crippen MR) is 162 cm³/mol. The van der Waals surface area contributed by atoms with Crippen LogP contribution in [0.2, 0.25) is 20.1 Å². The van der Waals surface area contributed by atoms with Crippen molar-refractivity contribution in [1.29, 1.82) is 0 Å². The van der Waals surface area contributed by atoms with Crippen molar-refractivity contribution in [3.8, 4) is 0 Å². The number of halogens is 4. The van der Waals surface area contributed by atoms with Gasteiger partial charge in [-0.2, -0.15) is 0 Å². The lowest BCUT2D eigenvalue weighted by Crippen LogP contribution is -2.53. The van der Waals surface area contributed by atoms with E-state index in [4.69, 9.17) is 46.4 Å². The molecule has 3 aromatic rings. The summed E-state index contributed by atoms with van der Waals surface area (Å²) in [6.45, 7) is 4.75. The summed E-state index contributed by atoms with van der Waals surface area (Å²) in [5.41, 5.74) is 0.714. The predicted octanol–water partition coefficient (Wildman–Crippen LogP) is 6.83. The number of carbonyl (C=O) groups excluding carboxylic acids is 2. The van der Waals surface area contributed by atoms with Crippen molar-refractivity contribution in [2.45, 2.75) is 50.7 Å². The monoisotopic (exact) mass is 643 g/mol. The minimum Gasteiger partial charge on any atom is -0.352 e. The number of hydrogen-bond donors (Lipinski definition) is 1. The first-order valence-electron chi connectivity index (χ1n) is 12.4. The van der Waals surface area contributed by atoms with E-state index in [2.05, 4.69) is 5.32 Å². The molecule has 0 saturated heterocycles. The number of nitrogens with zero attached hydrogens (tertiary/aromatic N) is 2. The molecule has 0 aliphatic carbocycles. The highest BCUT2D eigenvalue weighted by molar-refractivity contribution is 7.92. The van der Waals surface area contributed by atoms with Gasteiger partial charge in [0, 0.05) is 22.6 Å². The maximum Gasteiger partial charge on any atom is 0.264 e. The lowest BCUT2D eigenvalue weighted by molar-refractivity contribution is -0.140. The second kappa shape index (κ2) is 13.9. The van der Waals surface area contributed by atoms with Crippen molar-refractivity contribution < 1.29 is 18.0 Å². The zero-order valence-electron chi connectivity index (χ0n) is 22.1. The quantitative estimate of drug-likeness (QED) is 0.248. The minimum absolute atomic E-state index is 0.0186. The lowest BCUT2D eigenvalue weighted by Gasteiger charge is -2.33. The highest BCUT2D eigenvalue weighted by Crippen LogP contribution is 2.30. The fraction of sp³-hybridized carbons (Fsp3) is 0.286. The van der Waals surface area contributed by atoms with Crippen LogP contribution in [0.1, 0.15) is 32.8 Å². The number of amides is 2. The molecular weight excluding hydrogens is 616 g/mol. The molecule has 0 unspecified atom stereocenters. The van der Waals surface area contributed by atoms with Crippen LogP contribution in [0.15, 0.2) is 71.6 Å². The molecule has 0 radical (unpaired) electrons. The Morgan fingerprint density at radius 2 is 1.50 bits per heavy atom. The van der Waals surface area contributed by atoms with Gasteiger partial charge in [0.15, 0.2) is 0 Å². The molecule has 3 rings (SSSR count). The van der Waals surface area contributed by atoms with E-state index in [0.29, 0.717) is 10.6 Å². The number of nitrogens with one attached hydrogen (secondary N) is 1. The normalized spacial score (nSPS) is 12.2. The van der Waals surface area contributed by atoms with Crippen LogP contribution in [0.3, 0.4) is 0 Å².